The Morgan fingerprint density at radius 3 is 2.50 bits per heavy atom. The van der Waals surface area contributed by atoms with Gasteiger partial charge in [-0.1, -0.05) is 24.3 Å². The van der Waals surface area contributed by atoms with Crippen molar-refractivity contribution in [1.29, 1.82) is 5.26 Å². The van der Waals surface area contributed by atoms with Gasteiger partial charge in [-0.3, -0.25) is 14.5 Å². The summed E-state index contributed by atoms with van der Waals surface area (Å²) in [5, 5.41) is 15.9. The molecule has 0 bridgehead atoms. The first-order valence-corrected chi connectivity index (χ1v) is 10.5. The Kier molecular flexibility index (Phi) is 5.77. The van der Waals surface area contributed by atoms with Crippen LogP contribution in [0.3, 0.4) is 0 Å². The summed E-state index contributed by atoms with van der Waals surface area (Å²) >= 11 is 3.36. The highest BCUT2D eigenvalue weighted by Gasteiger charge is 2.64. The highest BCUT2D eigenvalue weighted by Crippen LogP contribution is 2.58. The topological polar surface area (TPSA) is 83.6 Å². The number of aromatic nitrogens is 3. The van der Waals surface area contributed by atoms with Crippen molar-refractivity contribution in [1.82, 2.24) is 14.8 Å². The summed E-state index contributed by atoms with van der Waals surface area (Å²) in [4.78, 5) is 16.6. The minimum absolute atomic E-state index is 0.00970. The second-order valence-corrected chi connectivity index (χ2v) is 8.53. The van der Waals surface area contributed by atoms with Crippen LogP contribution < -0.4 is 5.32 Å². The van der Waals surface area contributed by atoms with Gasteiger partial charge in [0.05, 0.1) is 34.1 Å². The van der Waals surface area contributed by atoms with Gasteiger partial charge in [-0.15, -0.1) is 0 Å². The van der Waals surface area contributed by atoms with Gasteiger partial charge in [0.2, 0.25) is 5.91 Å². The van der Waals surface area contributed by atoms with Crippen LogP contribution in [0.1, 0.15) is 35.2 Å². The summed E-state index contributed by atoms with van der Waals surface area (Å²) in [6.45, 7) is 0.350. The van der Waals surface area contributed by atoms with Crippen LogP contribution in [0.2, 0.25) is 0 Å². The molecule has 0 aliphatic heterocycles. The fourth-order valence-electron chi connectivity index (χ4n) is 3.48. The van der Waals surface area contributed by atoms with Crippen LogP contribution in [0.15, 0.2) is 53.3 Å². The quantitative estimate of drug-likeness (QED) is 0.526. The van der Waals surface area contributed by atoms with Crippen molar-refractivity contribution in [3.63, 3.8) is 0 Å². The molecule has 164 valence electrons. The van der Waals surface area contributed by atoms with Crippen LogP contribution in [0, 0.1) is 11.3 Å². The molecule has 1 fully saturated rings. The normalized spacial score (nSPS) is 14.6. The minimum Gasteiger partial charge on any atom is -0.308 e. The monoisotopic (exact) mass is 503 g/mol. The third kappa shape index (κ3) is 4.53. The van der Waals surface area contributed by atoms with E-state index in [1.54, 1.807) is 35.1 Å². The molecule has 0 unspecified atom stereocenters. The van der Waals surface area contributed by atoms with Crippen molar-refractivity contribution in [3.8, 4) is 6.07 Å². The maximum absolute atomic E-state index is 13.3. The zero-order chi connectivity index (χ0) is 22.9. The third-order valence-corrected chi connectivity index (χ3v) is 6.00. The van der Waals surface area contributed by atoms with Crippen molar-refractivity contribution < 1.29 is 18.0 Å². The number of halogens is 4. The van der Waals surface area contributed by atoms with E-state index < -0.39 is 11.6 Å². The van der Waals surface area contributed by atoms with Crippen LogP contribution in [0.4, 0.5) is 19.0 Å². The average Bonchev–Trinajstić information content (AvgIpc) is 3.50. The molecule has 1 N–H and O–H groups in total. The second kappa shape index (κ2) is 8.39. The van der Waals surface area contributed by atoms with Crippen LogP contribution in [-0.4, -0.2) is 26.8 Å². The zero-order valence-electron chi connectivity index (χ0n) is 16.7. The van der Waals surface area contributed by atoms with Gasteiger partial charge in [-0.05, 0) is 52.0 Å². The van der Waals surface area contributed by atoms with Gasteiger partial charge >= 0.3 is 6.18 Å². The van der Waals surface area contributed by atoms with E-state index in [4.69, 9.17) is 5.26 Å². The molecule has 0 radical (unpaired) electrons. The maximum Gasteiger partial charge on any atom is 0.398 e. The smallest absolute Gasteiger partial charge is 0.308 e. The lowest BCUT2D eigenvalue weighted by Gasteiger charge is -2.19. The highest BCUT2D eigenvalue weighted by molar-refractivity contribution is 9.10. The van der Waals surface area contributed by atoms with Crippen LogP contribution in [0.5, 0.6) is 0 Å². The van der Waals surface area contributed by atoms with Gasteiger partial charge in [0, 0.05) is 12.4 Å². The molecular formula is C22H17BrF3N5O. The van der Waals surface area contributed by atoms with Gasteiger partial charge in [0.1, 0.15) is 6.07 Å². The lowest BCUT2D eigenvalue weighted by Crippen LogP contribution is -2.28. The summed E-state index contributed by atoms with van der Waals surface area (Å²) < 4.78 is 41.9. The molecule has 4 rings (SSSR count). The zero-order valence-corrected chi connectivity index (χ0v) is 18.2. The van der Waals surface area contributed by atoms with E-state index in [1.807, 2.05) is 6.07 Å². The largest absolute Gasteiger partial charge is 0.398 e. The molecule has 1 aliphatic rings. The van der Waals surface area contributed by atoms with Crippen molar-refractivity contribution in [2.45, 2.75) is 37.4 Å². The number of nitrogens with one attached hydrogen (secondary N) is 1. The first-order chi connectivity index (χ1) is 15.2. The number of anilines is 1. The van der Waals surface area contributed by atoms with Gasteiger partial charge < -0.3 is 5.32 Å². The summed E-state index contributed by atoms with van der Waals surface area (Å²) in [6, 6.07) is 11.4. The second-order valence-electron chi connectivity index (χ2n) is 7.67. The number of hydrogen-bond donors (Lipinski definition) is 1. The van der Waals surface area contributed by atoms with Crippen molar-refractivity contribution >= 4 is 27.7 Å². The lowest BCUT2D eigenvalue weighted by atomic mass is 9.94. The van der Waals surface area contributed by atoms with Crippen molar-refractivity contribution in [3.05, 3.63) is 75.6 Å². The van der Waals surface area contributed by atoms with Crippen LogP contribution in [0.25, 0.3) is 0 Å². The van der Waals surface area contributed by atoms with Gasteiger partial charge in [0.25, 0.3) is 0 Å². The van der Waals surface area contributed by atoms with Gasteiger partial charge in [-0.2, -0.15) is 23.5 Å². The number of nitrogens with zero attached hydrogens (tertiary/aromatic N) is 4. The molecule has 0 spiro atoms. The van der Waals surface area contributed by atoms with Crippen molar-refractivity contribution in [2.24, 2.45) is 0 Å². The average molecular weight is 504 g/mol. The first-order valence-electron chi connectivity index (χ1n) is 9.74. The number of nitriles is 1. The van der Waals surface area contributed by atoms with E-state index in [0.717, 1.165) is 0 Å². The molecule has 2 heterocycles. The van der Waals surface area contributed by atoms with Crippen LogP contribution in [-0.2, 0) is 23.2 Å². The molecule has 0 atom stereocenters. The number of hydrogen-bond acceptors (Lipinski definition) is 4. The number of benzene rings is 1. The van der Waals surface area contributed by atoms with E-state index in [-0.39, 0.29) is 30.7 Å². The Hall–Kier alpha value is -3.19. The first kappa shape index (κ1) is 22.0. The molecule has 1 aromatic carbocycles. The van der Waals surface area contributed by atoms with Crippen molar-refractivity contribution in [2.75, 3.05) is 5.32 Å². The Morgan fingerprint density at radius 2 is 1.94 bits per heavy atom. The molecule has 3 aromatic rings. The molecule has 10 heteroatoms. The SMILES string of the molecule is N#Cc1ccc(Cn2cc(Br)c(NC(=O)Cc3ccc(C4(C(F)(F)F)CC4)cc3)n2)nc1. The van der Waals surface area contributed by atoms with Gasteiger partial charge in [0.15, 0.2) is 5.82 Å². The van der Waals surface area contributed by atoms with Crippen LogP contribution >= 0.6 is 15.9 Å². The summed E-state index contributed by atoms with van der Waals surface area (Å²) in [5.74, 6) is -0.00794. The number of rotatable bonds is 6. The fraction of sp³-hybridized carbons (Fsp3) is 0.273. The minimum atomic E-state index is -4.26. The summed E-state index contributed by atoms with van der Waals surface area (Å²) in [7, 11) is 0. The molecule has 1 saturated carbocycles. The Balaban J connectivity index is 1.37. The highest BCUT2D eigenvalue weighted by atomic mass is 79.9. The van der Waals surface area contributed by atoms with E-state index in [0.29, 0.717) is 33.7 Å². The molecular weight excluding hydrogens is 487 g/mol. The number of pyridine rings is 1. The maximum atomic E-state index is 13.3. The van der Waals surface area contributed by atoms with E-state index >= 15 is 0 Å². The Labute approximate surface area is 190 Å². The lowest BCUT2D eigenvalue weighted by molar-refractivity contribution is -0.160. The Morgan fingerprint density at radius 1 is 1.22 bits per heavy atom. The molecule has 6 nitrogen and oxygen atoms in total. The predicted octanol–water partition coefficient (Wildman–Crippen LogP) is 4.74. The molecule has 32 heavy (non-hydrogen) atoms. The molecule has 1 amide bonds. The van der Waals surface area contributed by atoms with E-state index in [1.165, 1.54) is 18.3 Å². The van der Waals surface area contributed by atoms with Gasteiger partial charge in [-0.25, -0.2) is 0 Å². The number of alkyl halides is 3. The summed E-state index contributed by atoms with van der Waals surface area (Å²) in [5.41, 5.74) is 0.287. The number of carbonyl (C=O) groups excluding carboxylic acids is 1. The van der Waals surface area contributed by atoms with E-state index in [2.05, 4.69) is 31.3 Å². The molecule has 1 aliphatic carbocycles. The molecule has 2 aromatic heterocycles. The standard InChI is InChI=1S/C22H17BrF3N5O/c23-18-13-31(12-17-6-3-15(10-27)11-28-17)30-20(18)29-19(32)9-14-1-4-16(5-2-14)21(7-8-21)22(24,25)26/h1-6,11,13H,7-9,12H2,(H,29,30,32). The molecule has 0 saturated heterocycles. The third-order valence-electron chi connectivity index (χ3n) is 5.42. The number of carbonyl (C=O) groups is 1. The van der Waals surface area contributed by atoms with E-state index in [9.17, 15) is 18.0 Å². The number of amides is 1. The fourth-order valence-corrected chi connectivity index (χ4v) is 3.89. The summed E-state index contributed by atoms with van der Waals surface area (Å²) in [6.07, 6.45) is -0.881. The predicted molar refractivity (Wildman–Crippen MR) is 114 cm³/mol. The Bertz CT molecular complexity index is 1180.